The molecule has 1 atom stereocenters. The minimum absolute atomic E-state index is 0.177. The lowest BCUT2D eigenvalue weighted by Gasteiger charge is -2.10. The minimum Gasteiger partial charge on any atom is -0.396 e. The van der Waals surface area contributed by atoms with Crippen LogP contribution >= 0.6 is 22.6 Å². The second-order valence-electron chi connectivity index (χ2n) is 1.93. The number of rotatable bonds is 3. The average molecular weight is 268 g/mol. The van der Waals surface area contributed by atoms with Crippen molar-refractivity contribution in [2.75, 3.05) is 6.61 Å². The summed E-state index contributed by atoms with van der Waals surface area (Å²) in [6.07, 6.45) is -4.70. The standard InChI is InChI=1S/C5H8F3IO/c6-5(7,8)3-4(9)1-2-10/h4,10H,1-3H2/t4-/m1/s1. The maximum absolute atomic E-state index is 11.5. The maximum Gasteiger partial charge on any atom is 0.390 e. The molecule has 0 amide bonds. The van der Waals surface area contributed by atoms with Gasteiger partial charge in [-0.2, -0.15) is 13.2 Å². The summed E-state index contributed by atoms with van der Waals surface area (Å²) in [7, 11) is 0. The predicted molar refractivity (Wildman–Crippen MR) is 40.2 cm³/mol. The highest BCUT2D eigenvalue weighted by molar-refractivity contribution is 14.1. The molecule has 0 rings (SSSR count). The molecule has 5 heteroatoms. The third-order valence-electron chi connectivity index (χ3n) is 0.895. The second kappa shape index (κ2) is 4.38. The summed E-state index contributed by atoms with van der Waals surface area (Å²) in [4.78, 5) is 0. The molecular formula is C5H8F3IO. The van der Waals surface area contributed by atoms with Gasteiger partial charge in [0.25, 0.3) is 0 Å². The molecule has 0 aromatic carbocycles. The Balaban J connectivity index is 3.47. The summed E-state index contributed by atoms with van der Waals surface area (Å²) in [5.41, 5.74) is 0. The Bertz CT molecular complexity index is 93.4. The highest BCUT2D eigenvalue weighted by atomic mass is 127. The fourth-order valence-corrected chi connectivity index (χ4v) is 1.27. The minimum atomic E-state index is -4.10. The van der Waals surface area contributed by atoms with E-state index in [1.165, 1.54) is 0 Å². The van der Waals surface area contributed by atoms with Crippen molar-refractivity contribution in [3.63, 3.8) is 0 Å². The van der Waals surface area contributed by atoms with E-state index >= 15 is 0 Å². The van der Waals surface area contributed by atoms with Crippen molar-refractivity contribution in [3.05, 3.63) is 0 Å². The lowest BCUT2D eigenvalue weighted by Crippen LogP contribution is -2.15. The summed E-state index contributed by atoms with van der Waals surface area (Å²) in [5, 5.41) is 8.26. The molecule has 0 bridgehead atoms. The van der Waals surface area contributed by atoms with Gasteiger partial charge in [-0.1, -0.05) is 22.6 Å². The van der Waals surface area contributed by atoms with Gasteiger partial charge in [0.1, 0.15) is 0 Å². The number of hydrogen-bond donors (Lipinski definition) is 1. The third kappa shape index (κ3) is 6.60. The van der Waals surface area contributed by atoms with Crippen molar-refractivity contribution in [2.45, 2.75) is 22.9 Å². The summed E-state index contributed by atoms with van der Waals surface area (Å²) >= 11 is 1.69. The number of aliphatic hydroxyl groups excluding tert-OH is 1. The Hall–Kier alpha value is 0.480. The number of aliphatic hydroxyl groups is 1. The van der Waals surface area contributed by atoms with E-state index in [1.54, 1.807) is 22.6 Å². The third-order valence-corrected chi connectivity index (χ3v) is 1.96. The zero-order valence-corrected chi connectivity index (χ0v) is 7.32. The normalized spacial score (nSPS) is 15.3. The van der Waals surface area contributed by atoms with E-state index in [-0.39, 0.29) is 13.0 Å². The Morgan fingerprint density at radius 1 is 1.40 bits per heavy atom. The van der Waals surface area contributed by atoms with E-state index < -0.39 is 16.5 Å². The Kier molecular flexibility index (Phi) is 4.59. The maximum atomic E-state index is 11.5. The molecule has 0 spiro atoms. The average Bonchev–Trinajstić information content (AvgIpc) is 1.59. The van der Waals surface area contributed by atoms with E-state index in [1.807, 2.05) is 0 Å². The van der Waals surface area contributed by atoms with Crippen LogP contribution in [-0.2, 0) is 0 Å². The molecule has 1 N–H and O–H groups in total. The van der Waals surface area contributed by atoms with Gasteiger partial charge in [-0.05, 0) is 6.42 Å². The SMILES string of the molecule is OCC[C@@H](I)CC(F)(F)F. The molecule has 0 unspecified atom stereocenters. The van der Waals surface area contributed by atoms with Crippen LogP contribution in [0.2, 0.25) is 0 Å². The molecule has 0 aromatic rings. The molecule has 10 heavy (non-hydrogen) atoms. The van der Waals surface area contributed by atoms with Crippen LogP contribution in [0.4, 0.5) is 13.2 Å². The highest BCUT2D eigenvalue weighted by Crippen LogP contribution is 2.26. The van der Waals surface area contributed by atoms with Gasteiger partial charge in [-0.3, -0.25) is 0 Å². The van der Waals surface area contributed by atoms with Gasteiger partial charge in [0.05, 0.1) is 6.42 Å². The zero-order chi connectivity index (χ0) is 8.20. The number of hydrogen-bond acceptors (Lipinski definition) is 1. The van der Waals surface area contributed by atoms with Crippen LogP contribution in [-0.4, -0.2) is 21.8 Å². The van der Waals surface area contributed by atoms with Crippen molar-refractivity contribution in [2.24, 2.45) is 0 Å². The first-order valence-electron chi connectivity index (χ1n) is 2.77. The van der Waals surface area contributed by atoms with E-state index in [2.05, 4.69) is 0 Å². The van der Waals surface area contributed by atoms with Gasteiger partial charge in [0.15, 0.2) is 0 Å². The molecule has 0 aliphatic carbocycles. The quantitative estimate of drug-likeness (QED) is 0.614. The fourth-order valence-electron chi connectivity index (χ4n) is 0.493. The molecule has 0 heterocycles. The van der Waals surface area contributed by atoms with E-state index in [0.717, 1.165) is 0 Å². The van der Waals surface area contributed by atoms with Crippen LogP contribution in [0.15, 0.2) is 0 Å². The Morgan fingerprint density at radius 2 is 1.90 bits per heavy atom. The first-order chi connectivity index (χ1) is 4.45. The molecule has 62 valence electrons. The van der Waals surface area contributed by atoms with Gasteiger partial charge in [-0.25, -0.2) is 0 Å². The fraction of sp³-hybridized carbons (Fsp3) is 1.00. The van der Waals surface area contributed by atoms with Crippen LogP contribution in [0, 0.1) is 0 Å². The van der Waals surface area contributed by atoms with Crippen LogP contribution in [0.3, 0.4) is 0 Å². The smallest absolute Gasteiger partial charge is 0.390 e. The van der Waals surface area contributed by atoms with Crippen molar-refractivity contribution < 1.29 is 18.3 Å². The molecule has 0 fully saturated rings. The van der Waals surface area contributed by atoms with E-state index in [4.69, 9.17) is 5.11 Å². The molecule has 1 nitrogen and oxygen atoms in total. The molecular weight excluding hydrogens is 260 g/mol. The first-order valence-corrected chi connectivity index (χ1v) is 4.02. The van der Waals surface area contributed by atoms with Crippen molar-refractivity contribution in [1.29, 1.82) is 0 Å². The molecule has 0 aliphatic heterocycles. The second-order valence-corrected chi connectivity index (χ2v) is 3.69. The van der Waals surface area contributed by atoms with E-state index in [9.17, 15) is 13.2 Å². The van der Waals surface area contributed by atoms with Crippen molar-refractivity contribution in [3.8, 4) is 0 Å². The Morgan fingerprint density at radius 3 is 2.20 bits per heavy atom. The van der Waals surface area contributed by atoms with Gasteiger partial charge in [-0.15, -0.1) is 0 Å². The van der Waals surface area contributed by atoms with Crippen molar-refractivity contribution >= 4 is 22.6 Å². The summed E-state index contributed by atoms with van der Waals surface area (Å²) in [5.74, 6) is 0. The topological polar surface area (TPSA) is 20.2 Å². The van der Waals surface area contributed by atoms with Crippen molar-refractivity contribution in [1.82, 2.24) is 0 Å². The summed E-state index contributed by atoms with van der Waals surface area (Å²) < 4.78 is 34.1. The number of halogens is 4. The first kappa shape index (κ1) is 10.5. The largest absolute Gasteiger partial charge is 0.396 e. The lowest BCUT2D eigenvalue weighted by atomic mass is 10.2. The van der Waals surface area contributed by atoms with Gasteiger partial charge in [0, 0.05) is 10.5 Å². The molecule has 0 saturated heterocycles. The molecule has 0 radical (unpaired) electrons. The number of alkyl halides is 4. The summed E-state index contributed by atoms with van der Waals surface area (Å²) in [6.45, 7) is -0.177. The molecule has 0 aliphatic rings. The zero-order valence-electron chi connectivity index (χ0n) is 5.16. The summed E-state index contributed by atoms with van der Waals surface area (Å²) in [6, 6.07) is 0. The van der Waals surface area contributed by atoms with Crippen LogP contribution in [0.25, 0.3) is 0 Å². The Labute approximate surface area is 70.8 Å². The van der Waals surface area contributed by atoms with Crippen LogP contribution < -0.4 is 0 Å². The highest BCUT2D eigenvalue weighted by Gasteiger charge is 2.30. The molecule has 0 saturated carbocycles. The molecule has 0 aromatic heterocycles. The van der Waals surface area contributed by atoms with Crippen LogP contribution in [0.1, 0.15) is 12.8 Å². The lowest BCUT2D eigenvalue weighted by molar-refractivity contribution is -0.133. The van der Waals surface area contributed by atoms with Gasteiger partial charge >= 0.3 is 6.18 Å². The van der Waals surface area contributed by atoms with Gasteiger partial charge in [0.2, 0.25) is 0 Å². The van der Waals surface area contributed by atoms with Gasteiger partial charge < -0.3 is 5.11 Å². The predicted octanol–water partition coefficient (Wildman–Crippen LogP) is 2.12. The monoisotopic (exact) mass is 268 g/mol. The van der Waals surface area contributed by atoms with Crippen LogP contribution in [0.5, 0.6) is 0 Å². The van der Waals surface area contributed by atoms with E-state index in [0.29, 0.717) is 0 Å².